The predicted octanol–water partition coefficient (Wildman–Crippen LogP) is 1.99. The van der Waals surface area contributed by atoms with Gasteiger partial charge in [-0.3, -0.25) is 4.79 Å². The second-order valence-electron chi connectivity index (χ2n) is 11.1. The van der Waals surface area contributed by atoms with Crippen molar-refractivity contribution in [2.24, 2.45) is 5.16 Å². The number of fused-ring (bicyclic) bond motifs is 1. The molecule has 3 fully saturated rings. The van der Waals surface area contributed by atoms with Gasteiger partial charge in [0, 0.05) is 16.2 Å². The molecule has 10 atom stereocenters. The molecule has 2 aliphatic heterocycles. The lowest BCUT2D eigenvalue weighted by Crippen LogP contribution is -2.67. The maximum atomic E-state index is 15.0. The van der Waals surface area contributed by atoms with Gasteiger partial charge in [0.25, 0.3) is 0 Å². The largest absolute Gasteiger partial charge is 0.459 e. The molecule has 2 saturated heterocycles. The summed E-state index contributed by atoms with van der Waals surface area (Å²) in [6, 6.07) is 9.43. The third-order valence-corrected chi connectivity index (χ3v) is 8.44. The van der Waals surface area contributed by atoms with Crippen molar-refractivity contribution in [2.75, 3.05) is 6.79 Å². The van der Waals surface area contributed by atoms with Crippen LogP contribution in [0.2, 0.25) is 5.02 Å². The number of rotatable bonds is 10. The number of oxime groups is 1. The summed E-state index contributed by atoms with van der Waals surface area (Å²) < 4.78 is 51.5. The first-order chi connectivity index (χ1) is 22.0. The topological polar surface area (TPSA) is 169 Å². The minimum absolute atomic E-state index is 0.0387. The fourth-order valence-corrected chi connectivity index (χ4v) is 5.67. The van der Waals surface area contributed by atoms with Gasteiger partial charge in [0.1, 0.15) is 56.1 Å². The van der Waals surface area contributed by atoms with Gasteiger partial charge in [0.2, 0.25) is 12.2 Å². The first-order valence-corrected chi connectivity index (χ1v) is 15.0. The minimum Gasteiger partial charge on any atom is -0.459 e. The van der Waals surface area contributed by atoms with Crippen molar-refractivity contribution in [1.29, 1.82) is 0 Å². The molecular formula is C31H35ClF2N2O10. The lowest BCUT2D eigenvalue weighted by molar-refractivity contribution is -0.155. The molecule has 250 valence electrons. The van der Waals surface area contributed by atoms with Gasteiger partial charge in [-0.25, -0.2) is 8.78 Å². The number of hydrogen-bond acceptors (Lipinski definition) is 11. The van der Waals surface area contributed by atoms with E-state index < -0.39 is 73.0 Å². The second-order valence-corrected chi connectivity index (χ2v) is 11.6. The van der Waals surface area contributed by atoms with E-state index in [1.165, 1.54) is 25.1 Å². The average Bonchev–Trinajstić information content (AvgIpc) is 3.64. The summed E-state index contributed by atoms with van der Waals surface area (Å²) in [5.41, 5.74) is 1.23. The highest BCUT2D eigenvalue weighted by Gasteiger charge is 2.53. The molecule has 0 radical (unpaired) electrons. The first-order valence-electron chi connectivity index (χ1n) is 14.6. The van der Waals surface area contributed by atoms with Crippen LogP contribution in [0.1, 0.15) is 31.4 Å². The Kier molecular flexibility index (Phi) is 10.9. The smallest absolute Gasteiger partial charge is 0.247 e. The van der Waals surface area contributed by atoms with Gasteiger partial charge < -0.3 is 49.5 Å². The molecule has 2 aromatic rings. The summed E-state index contributed by atoms with van der Waals surface area (Å²) in [7, 11) is 0. The van der Waals surface area contributed by atoms with Crippen molar-refractivity contribution in [1.82, 2.24) is 5.32 Å². The lowest BCUT2D eigenvalue weighted by Gasteiger charge is -2.41. The minimum atomic E-state index is -2.03. The molecule has 2 aromatic carbocycles. The molecule has 5 rings (SSSR count). The molecule has 1 saturated carbocycles. The van der Waals surface area contributed by atoms with Crippen LogP contribution in [0, 0.1) is 5.82 Å². The lowest BCUT2D eigenvalue weighted by atomic mass is 9.83. The van der Waals surface area contributed by atoms with Gasteiger partial charge in [-0.2, -0.15) is 0 Å². The number of alkyl halides is 1. The molecule has 46 heavy (non-hydrogen) atoms. The summed E-state index contributed by atoms with van der Waals surface area (Å²) in [6.07, 6.45) is -11.1. The molecule has 2 heterocycles. The van der Waals surface area contributed by atoms with Gasteiger partial charge >= 0.3 is 0 Å². The Balaban J connectivity index is 1.20. The molecule has 0 spiro atoms. The SMILES string of the molecule is CC/C(=N/OCc1ccccc1Cl)[C@H]1O[C@@H](Oc2ccc(/C=C(\C)C(=O)N[C@@H]3[C@H](O)[C@@H](O)[C@H]4OCO[C@H]4[C@@H]3O)cc2F)[C@@H](F)[C@@H]1O. The van der Waals surface area contributed by atoms with Crippen molar-refractivity contribution < 1.29 is 57.8 Å². The van der Waals surface area contributed by atoms with Crippen LogP contribution < -0.4 is 10.1 Å². The Morgan fingerprint density at radius 2 is 1.80 bits per heavy atom. The van der Waals surface area contributed by atoms with Gasteiger partial charge in [-0.1, -0.05) is 47.9 Å². The normalized spacial score (nSPS) is 33.1. The number of ether oxygens (including phenoxy) is 4. The van der Waals surface area contributed by atoms with Gasteiger partial charge in [-0.15, -0.1) is 0 Å². The Hall–Kier alpha value is -3.21. The highest BCUT2D eigenvalue weighted by molar-refractivity contribution is 6.31. The van der Waals surface area contributed by atoms with Crippen LogP contribution >= 0.6 is 11.6 Å². The van der Waals surface area contributed by atoms with Crippen LogP contribution in [0.4, 0.5) is 8.78 Å². The van der Waals surface area contributed by atoms with Crippen molar-refractivity contribution in [2.45, 2.75) is 88.1 Å². The number of hydrogen-bond donors (Lipinski definition) is 5. The Morgan fingerprint density at radius 3 is 2.50 bits per heavy atom. The van der Waals surface area contributed by atoms with Crippen LogP contribution in [0.3, 0.4) is 0 Å². The van der Waals surface area contributed by atoms with Gasteiger partial charge in [0.05, 0.1) is 11.8 Å². The number of halogens is 3. The number of aliphatic hydroxyl groups is 4. The molecule has 1 amide bonds. The molecule has 1 aliphatic carbocycles. The number of amides is 1. The van der Waals surface area contributed by atoms with Crippen molar-refractivity contribution in [3.63, 3.8) is 0 Å². The van der Waals surface area contributed by atoms with E-state index in [0.29, 0.717) is 10.6 Å². The zero-order valence-electron chi connectivity index (χ0n) is 24.8. The van der Waals surface area contributed by atoms with Crippen LogP contribution in [0.5, 0.6) is 5.75 Å². The third kappa shape index (κ3) is 7.19. The van der Waals surface area contributed by atoms with Gasteiger partial charge in [0.15, 0.2) is 17.7 Å². The van der Waals surface area contributed by atoms with E-state index >= 15 is 8.78 Å². The molecule has 15 heteroatoms. The highest BCUT2D eigenvalue weighted by Crippen LogP contribution is 2.32. The number of carbonyl (C=O) groups is 1. The summed E-state index contributed by atoms with van der Waals surface area (Å²) in [5.74, 6) is -1.95. The third-order valence-electron chi connectivity index (χ3n) is 8.07. The average molecular weight is 669 g/mol. The molecule has 3 aliphatic rings. The molecule has 5 N–H and O–H groups in total. The van der Waals surface area contributed by atoms with Crippen LogP contribution in [-0.4, -0.2) is 100 Å². The number of nitrogens with zero attached hydrogens (tertiary/aromatic N) is 1. The van der Waals surface area contributed by atoms with Crippen molar-refractivity contribution in [3.8, 4) is 5.75 Å². The van der Waals surface area contributed by atoms with E-state index in [1.807, 2.05) is 0 Å². The fraction of sp³-hybridized carbons (Fsp3) is 0.484. The van der Waals surface area contributed by atoms with Crippen LogP contribution in [0.15, 0.2) is 53.2 Å². The van der Waals surface area contributed by atoms with E-state index in [1.54, 1.807) is 31.2 Å². The highest BCUT2D eigenvalue weighted by atomic mass is 35.5. The maximum absolute atomic E-state index is 15.0. The van der Waals surface area contributed by atoms with Crippen molar-refractivity contribution in [3.05, 3.63) is 70.0 Å². The summed E-state index contributed by atoms with van der Waals surface area (Å²) in [4.78, 5) is 18.2. The number of carbonyl (C=O) groups excluding carboxylic acids is 1. The van der Waals surface area contributed by atoms with E-state index in [0.717, 1.165) is 6.07 Å². The fourth-order valence-electron chi connectivity index (χ4n) is 5.48. The van der Waals surface area contributed by atoms with Crippen LogP contribution in [-0.2, 0) is 30.4 Å². The molecular weight excluding hydrogens is 634 g/mol. The number of benzene rings is 2. The second kappa shape index (κ2) is 14.7. The Morgan fingerprint density at radius 1 is 1.09 bits per heavy atom. The summed E-state index contributed by atoms with van der Waals surface area (Å²) in [5, 5.41) is 48.8. The summed E-state index contributed by atoms with van der Waals surface area (Å²) >= 11 is 6.12. The van der Waals surface area contributed by atoms with Crippen molar-refractivity contribution >= 4 is 29.3 Å². The number of aliphatic hydroxyl groups excluding tert-OH is 4. The van der Waals surface area contributed by atoms with E-state index in [-0.39, 0.29) is 42.4 Å². The standard InChI is InChI=1S/C31H35ClF2N2O10/c1-3-19(36-44-12-16-6-4-5-7-17(16)32)27-23(37)21(34)31(46-27)45-20-9-8-15(11-18(20)33)10-14(2)30(41)35-22-24(38)26(40)29-28(25(22)39)42-13-43-29/h4-11,21-29,31,37-40H,3,12-13H2,1-2H3,(H,35,41)/b14-10+,36-19-/t21-,22+,23-,24-,25+,26+,27+,28-,29+,31+/m0/s1. The molecule has 12 nitrogen and oxygen atoms in total. The van der Waals surface area contributed by atoms with E-state index in [9.17, 15) is 25.2 Å². The van der Waals surface area contributed by atoms with E-state index in [2.05, 4.69) is 10.5 Å². The zero-order valence-corrected chi connectivity index (χ0v) is 25.6. The molecule has 0 aromatic heterocycles. The predicted molar refractivity (Wildman–Crippen MR) is 159 cm³/mol. The summed E-state index contributed by atoms with van der Waals surface area (Å²) in [6.45, 7) is 3.02. The van der Waals surface area contributed by atoms with Gasteiger partial charge in [-0.05, 0) is 43.2 Å². The Labute approximate surface area is 268 Å². The molecule has 0 bridgehead atoms. The molecule has 0 unspecified atom stereocenters. The van der Waals surface area contributed by atoms with E-state index in [4.69, 9.17) is 35.4 Å². The monoisotopic (exact) mass is 668 g/mol. The maximum Gasteiger partial charge on any atom is 0.247 e. The zero-order chi connectivity index (χ0) is 33.1. The quantitative estimate of drug-likeness (QED) is 0.143. The number of nitrogens with one attached hydrogen (secondary N) is 1. The van der Waals surface area contributed by atoms with Crippen LogP contribution in [0.25, 0.3) is 6.08 Å². The first kappa shape index (κ1) is 34.1. The Bertz CT molecular complexity index is 1460.